The molecule has 0 radical (unpaired) electrons. The number of rotatable bonds is 7. The fourth-order valence-electron chi connectivity index (χ4n) is 3.92. The van der Waals surface area contributed by atoms with Gasteiger partial charge in [-0.25, -0.2) is 4.98 Å². The third-order valence-electron chi connectivity index (χ3n) is 5.81. The zero-order valence-corrected chi connectivity index (χ0v) is 20.0. The lowest BCUT2D eigenvalue weighted by Crippen LogP contribution is -2.35. The minimum absolute atomic E-state index is 0.120. The molecular weight excluding hydrogens is 440 g/mol. The molecule has 32 heavy (non-hydrogen) atoms. The van der Waals surface area contributed by atoms with E-state index in [0.29, 0.717) is 13.0 Å². The largest absolute Gasteiger partial charge is 0.345 e. The first kappa shape index (κ1) is 22.7. The Labute approximate surface area is 199 Å². The van der Waals surface area contributed by atoms with Crippen molar-refractivity contribution in [2.24, 2.45) is 0 Å². The zero-order chi connectivity index (χ0) is 22.3. The van der Waals surface area contributed by atoms with Crippen molar-refractivity contribution < 1.29 is 4.79 Å². The minimum atomic E-state index is 0.120. The second kappa shape index (κ2) is 10.9. The summed E-state index contributed by atoms with van der Waals surface area (Å²) in [6, 6.07) is 15.9. The van der Waals surface area contributed by atoms with Crippen LogP contribution in [0.25, 0.3) is 0 Å². The number of aryl methyl sites for hydroxylation is 1. The molecule has 0 aliphatic carbocycles. The predicted molar refractivity (Wildman–Crippen MR) is 132 cm³/mol. The number of benzene rings is 2. The highest BCUT2D eigenvalue weighted by Crippen LogP contribution is 2.22. The van der Waals surface area contributed by atoms with Crippen LogP contribution < -0.4 is 4.90 Å². The van der Waals surface area contributed by atoms with E-state index in [9.17, 15) is 4.79 Å². The number of amides is 1. The molecule has 0 bridgehead atoms. The van der Waals surface area contributed by atoms with Crippen molar-refractivity contribution >= 4 is 34.2 Å². The van der Waals surface area contributed by atoms with Crippen molar-refractivity contribution in [3.8, 4) is 0 Å². The Hall–Kier alpha value is -2.44. The molecule has 1 saturated heterocycles. The Morgan fingerprint density at radius 1 is 1.00 bits per heavy atom. The summed E-state index contributed by atoms with van der Waals surface area (Å²) < 4.78 is 4.55. The Bertz CT molecular complexity index is 1020. The van der Waals surface area contributed by atoms with Gasteiger partial charge < -0.3 is 9.80 Å². The maximum absolute atomic E-state index is 13.0. The molecule has 2 heterocycles. The van der Waals surface area contributed by atoms with Crippen LogP contribution in [-0.2, 0) is 12.8 Å². The zero-order valence-electron chi connectivity index (χ0n) is 18.5. The maximum atomic E-state index is 13.0. The standard InChI is InChI=1S/C25H29ClN4OS/c1-2-3-5-19-6-10-21(11-7-19)24(31)29-14-4-15-30(17-16-29)25-27-23(28-32-25)18-20-8-12-22(26)13-9-20/h6-13H,2-5,14-18H2,1H3. The van der Waals surface area contributed by atoms with Gasteiger partial charge in [0.15, 0.2) is 0 Å². The topological polar surface area (TPSA) is 49.3 Å². The van der Waals surface area contributed by atoms with Crippen molar-refractivity contribution in [3.05, 3.63) is 76.1 Å². The molecule has 0 atom stereocenters. The molecule has 3 aromatic rings. The number of carbonyl (C=O) groups excluding carboxylic acids is 1. The van der Waals surface area contributed by atoms with Crippen molar-refractivity contribution in [1.29, 1.82) is 0 Å². The van der Waals surface area contributed by atoms with Gasteiger partial charge in [0, 0.05) is 54.7 Å². The van der Waals surface area contributed by atoms with Crippen LogP contribution in [0.1, 0.15) is 53.5 Å². The third-order valence-corrected chi connectivity index (χ3v) is 6.87. The molecule has 1 aliphatic rings. The summed E-state index contributed by atoms with van der Waals surface area (Å²) in [6.07, 6.45) is 5.06. The Kier molecular flexibility index (Phi) is 7.76. The number of unbranched alkanes of at least 4 members (excludes halogenated alkanes) is 1. The molecule has 168 valence electrons. The van der Waals surface area contributed by atoms with Crippen LogP contribution in [0.15, 0.2) is 48.5 Å². The van der Waals surface area contributed by atoms with Crippen LogP contribution in [0.5, 0.6) is 0 Å². The highest BCUT2D eigenvalue weighted by atomic mass is 35.5. The number of hydrogen-bond acceptors (Lipinski definition) is 5. The number of carbonyl (C=O) groups is 1. The SMILES string of the molecule is CCCCc1ccc(C(=O)N2CCCN(c3nc(Cc4ccc(Cl)cc4)ns3)CC2)cc1. The van der Waals surface area contributed by atoms with E-state index < -0.39 is 0 Å². The lowest BCUT2D eigenvalue weighted by Gasteiger charge is -2.21. The average Bonchev–Trinajstić information content (AvgIpc) is 3.14. The van der Waals surface area contributed by atoms with E-state index in [1.807, 2.05) is 41.3 Å². The second-order valence-corrected chi connectivity index (χ2v) is 9.40. The number of halogens is 1. The van der Waals surface area contributed by atoms with Gasteiger partial charge in [-0.2, -0.15) is 4.37 Å². The van der Waals surface area contributed by atoms with Gasteiger partial charge in [-0.05, 0) is 54.7 Å². The van der Waals surface area contributed by atoms with E-state index in [1.54, 1.807) is 0 Å². The Morgan fingerprint density at radius 3 is 2.50 bits per heavy atom. The Morgan fingerprint density at radius 2 is 1.75 bits per heavy atom. The summed E-state index contributed by atoms with van der Waals surface area (Å²) in [7, 11) is 0. The lowest BCUT2D eigenvalue weighted by atomic mass is 10.1. The van der Waals surface area contributed by atoms with Gasteiger partial charge in [0.25, 0.3) is 5.91 Å². The molecule has 1 amide bonds. The van der Waals surface area contributed by atoms with Crippen LogP contribution in [0, 0.1) is 0 Å². The summed E-state index contributed by atoms with van der Waals surface area (Å²) in [4.78, 5) is 22.0. The van der Waals surface area contributed by atoms with E-state index in [4.69, 9.17) is 16.6 Å². The van der Waals surface area contributed by atoms with Gasteiger partial charge in [-0.15, -0.1) is 0 Å². The number of nitrogens with zero attached hydrogens (tertiary/aromatic N) is 4. The highest BCUT2D eigenvalue weighted by Gasteiger charge is 2.22. The minimum Gasteiger partial charge on any atom is -0.345 e. The van der Waals surface area contributed by atoms with Gasteiger partial charge in [0.05, 0.1) is 0 Å². The summed E-state index contributed by atoms with van der Waals surface area (Å²) >= 11 is 7.41. The monoisotopic (exact) mass is 468 g/mol. The lowest BCUT2D eigenvalue weighted by molar-refractivity contribution is 0.0767. The van der Waals surface area contributed by atoms with Gasteiger partial charge in [-0.1, -0.05) is 49.2 Å². The van der Waals surface area contributed by atoms with E-state index >= 15 is 0 Å². The summed E-state index contributed by atoms with van der Waals surface area (Å²) in [6.45, 7) is 5.32. The smallest absolute Gasteiger partial charge is 0.253 e. The van der Waals surface area contributed by atoms with Gasteiger partial charge in [-0.3, -0.25) is 4.79 Å². The highest BCUT2D eigenvalue weighted by molar-refractivity contribution is 7.09. The normalized spacial score (nSPS) is 14.4. The molecule has 2 aromatic carbocycles. The summed E-state index contributed by atoms with van der Waals surface area (Å²) in [5, 5.41) is 1.67. The molecule has 0 unspecified atom stereocenters. The van der Waals surface area contributed by atoms with Gasteiger partial charge in [0.1, 0.15) is 5.82 Å². The first-order chi connectivity index (χ1) is 15.6. The van der Waals surface area contributed by atoms with Crippen LogP contribution in [-0.4, -0.2) is 46.3 Å². The van der Waals surface area contributed by atoms with Crippen LogP contribution >= 0.6 is 23.1 Å². The predicted octanol–water partition coefficient (Wildman–Crippen LogP) is 5.48. The van der Waals surface area contributed by atoms with E-state index in [2.05, 4.69) is 28.3 Å². The van der Waals surface area contributed by atoms with E-state index in [0.717, 1.165) is 59.6 Å². The molecule has 5 nitrogen and oxygen atoms in total. The number of hydrogen-bond donors (Lipinski definition) is 0. The quantitative estimate of drug-likeness (QED) is 0.460. The first-order valence-electron chi connectivity index (χ1n) is 11.3. The molecule has 1 fully saturated rings. The molecule has 0 spiro atoms. The third kappa shape index (κ3) is 5.87. The molecule has 1 aliphatic heterocycles. The fourth-order valence-corrected chi connectivity index (χ4v) is 4.78. The summed E-state index contributed by atoms with van der Waals surface area (Å²) in [5.74, 6) is 0.947. The molecule has 4 rings (SSSR count). The van der Waals surface area contributed by atoms with Crippen LogP contribution in [0.2, 0.25) is 5.02 Å². The second-order valence-electron chi connectivity index (χ2n) is 8.23. The van der Waals surface area contributed by atoms with E-state index in [-0.39, 0.29) is 5.91 Å². The molecule has 7 heteroatoms. The molecule has 1 aromatic heterocycles. The first-order valence-corrected chi connectivity index (χ1v) is 12.5. The molecular formula is C25H29ClN4OS. The fraction of sp³-hybridized carbons (Fsp3) is 0.400. The Balaban J connectivity index is 1.34. The van der Waals surface area contributed by atoms with Crippen molar-refractivity contribution in [3.63, 3.8) is 0 Å². The maximum Gasteiger partial charge on any atom is 0.253 e. The van der Waals surface area contributed by atoms with Crippen molar-refractivity contribution in [2.45, 2.75) is 39.0 Å². The van der Waals surface area contributed by atoms with Crippen LogP contribution in [0.3, 0.4) is 0 Å². The average molecular weight is 469 g/mol. The number of aromatic nitrogens is 2. The molecule has 0 N–H and O–H groups in total. The van der Waals surface area contributed by atoms with Crippen molar-refractivity contribution in [2.75, 3.05) is 31.1 Å². The van der Waals surface area contributed by atoms with E-state index in [1.165, 1.54) is 29.9 Å². The molecule has 0 saturated carbocycles. The summed E-state index contributed by atoms with van der Waals surface area (Å²) in [5.41, 5.74) is 3.23. The van der Waals surface area contributed by atoms with Gasteiger partial charge in [0.2, 0.25) is 5.13 Å². The number of anilines is 1. The van der Waals surface area contributed by atoms with Crippen LogP contribution in [0.4, 0.5) is 5.13 Å². The van der Waals surface area contributed by atoms with Crippen molar-refractivity contribution in [1.82, 2.24) is 14.3 Å². The van der Waals surface area contributed by atoms with Gasteiger partial charge >= 0.3 is 0 Å².